The number of hydrogen-bond acceptors (Lipinski definition) is 1. The largest absolute Gasteiger partial charge is 0.311 e. The highest BCUT2D eigenvalue weighted by Crippen LogP contribution is 2.32. The molecule has 0 aromatic heterocycles. The zero-order chi connectivity index (χ0) is 6.97. The van der Waals surface area contributed by atoms with E-state index in [0.717, 1.165) is 18.0 Å². The van der Waals surface area contributed by atoms with E-state index in [-0.39, 0.29) is 0 Å². The van der Waals surface area contributed by atoms with Crippen molar-refractivity contribution in [2.75, 3.05) is 0 Å². The standard InChI is InChI=1S/C9H17N/c1-7-6-8-4-2-3-5-9(8)10-7/h7-10H,2-6H2,1H3/t7-,8+,9?/m1/s1. The van der Waals surface area contributed by atoms with Crippen molar-refractivity contribution in [3.8, 4) is 0 Å². The van der Waals surface area contributed by atoms with Gasteiger partial charge >= 0.3 is 0 Å². The molecular formula is C9H17N. The molecule has 1 heterocycles. The predicted octanol–water partition coefficient (Wildman–Crippen LogP) is 1.93. The highest BCUT2D eigenvalue weighted by atomic mass is 15.0. The maximum atomic E-state index is 3.66. The van der Waals surface area contributed by atoms with E-state index in [4.69, 9.17) is 0 Å². The van der Waals surface area contributed by atoms with E-state index >= 15 is 0 Å². The second kappa shape index (κ2) is 2.54. The van der Waals surface area contributed by atoms with E-state index in [9.17, 15) is 0 Å². The Bertz CT molecular complexity index is 108. The van der Waals surface area contributed by atoms with Gasteiger partial charge in [-0.3, -0.25) is 0 Å². The summed E-state index contributed by atoms with van der Waals surface area (Å²) in [5, 5.41) is 3.66. The Hall–Kier alpha value is -0.0400. The Morgan fingerprint density at radius 2 is 2.00 bits per heavy atom. The molecule has 1 aliphatic heterocycles. The van der Waals surface area contributed by atoms with Crippen LogP contribution in [0.2, 0.25) is 0 Å². The SMILES string of the molecule is C[C@@H]1C[C@@H]2CCCCC2N1. The fourth-order valence-electron chi connectivity index (χ4n) is 2.60. The quantitative estimate of drug-likeness (QED) is 0.540. The number of rotatable bonds is 0. The maximum Gasteiger partial charge on any atom is 0.00983 e. The van der Waals surface area contributed by atoms with Crippen molar-refractivity contribution in [3.63, 3.8) is 0 Å². The number of hydrogen-bond donors (Lipinski definition) is 1. The molecule has 58 valence electrons. The van der Waals surface area contributed by atoms with Crippen LogP contribution in [0.1, 0.15) is 39.0 Å². The second-order valence-electron chi connectivity index (χ2n) is 3.95. The summed E-state index contributed by atoms with van der Waals surface area (Å²) in [6, 6.07) is 1.69. The average Bonchev–Trinajstić information content (AvgIpc) is 2.27. The lowest BCUT2D eigenvalue weighted by Gasteiger charge is -2.24. The van der Waals surface area contributed by atoms with Gasteiger partial charge in [-0.15, -0.1) is 0 Å². The van der Waals surface area contributed by atoms with Gasteiger partial charge in [0, 0.05) is 12.1 Å². The molecule has 2 rings (SSSR count). The molecule has 0 aromatic carbocycles. The van der Waals surface area contributed by atoms with Gasteiger partial charge in [0.1, 0.15) is 0 Å². The Labute approximate surface area is 63.2 Å². The first-order chi connectivity index (χ1) is 4.86. The van der Waals surface area contributed by atoms with Crippen LogP contribution in [-0.2, 0) is 0 Å². The molecule has 1 nitrogen and oxygen atoms in total. The van der Waals surface area contributed by atoms with Gasteiger partial charge in [0.15, 0.2) is 0 Å². The topological polar surface area (TPSA) is 12.0 Å². The number of nitrogens with one attached hydrogen (secondary N) is 1. The molecule has 0 aromatic rings. The average molecular weight is 139 g/mol. The molecule has 1 saturated carbocycles. The lowest BCUT2D eigenvalue weighted by Crippen LogP contribution is -2.31. The maximum absolute atomic E-state index is 3.66. The first-order valence-corrected chi connectivity index (χ1v) is 4.62. The predicted molar refractivity (Wildman–Crippen MR) is 43.0 cm³/mol. The van der Waals surface area contributed by atoms with Gasteiger partial charge in [0.2, 0.25) is 0 Å². The molecule has 1 heteroatoms. The van der Waals surface area contributed by atoms with Crippen LogP contribution < -0.4 is 5.32 Å². The van der Waals surface area contributed by atoms with E-state index in [2.05, 4.69) is 12.2 Å². The van der Waals surface area contributed by atoms with Crippen LogP contribution in [0, 0.1) is 5.92 Å². The molecule has 1 aliphatic carbocycles. The summed E-state index contributed by atoms with van der Waals surface area (Å²) < 4.78 is 0. The van der Waals surface area contributed by atoms with Crippen molar-refractivity contribution in [2.24, 2.45) is 5.92 Å². The highest BCUT2D eigenvalue weighted by molar-refractivity contribution is 4.90. The van der Waals surface area contributed by atoms with Crippen LogP contribution in [0.25, 0.3) is 0 Å². The van der Waals surface area contributed by atoms with Crippen LogP contribution in [0.5, 0.6) is 0 Å². The van der Waals surface area contributed by atoms with Gasteiger partial charge in [-0.25, -0.2) is 0 Å². The third-order valence-corrected chi connectivity index (χ3v) is 3.06. The summed E-state index contributed by atoms with van der Waals surface area (Å²) >= 11 is 0. The summed E-state index contributed by atoms with van der Waals surface area (Å²) in [5.74, 6) is 1.03. The van der Waals surface area contributed by atoms with Gasteiger partial charge < -0.3 is 5.32 Å². The highest BCUT2D eigenvalue weighted by Gasteiger charge is 2.32. The molecule has 0 radical (unpaired) electrons. The van der Waals surface area contributed by atoms with Crippen LogP contribution in [0.4, 0.5) is 0 Å². The van der Waals surface area contributed by atoms with E-state index in [1.54, 1.807) is 0 Å². The lowest BCUT2D eigenvalue weighted by atomic mass is 9.85. The van der Waals surface area contributed by atoms with Crippen LogP contribution in [0.15, 0.2) is 0 Å². The van der Waals surface area contributed by atoms with Crippen molar-refractivity contribution in [1.29, 1.82) is 0 Å². The van der Waals surface area contributed by atoms with Crippen molar-refractivity contribution in [2.45, 2.75) is 51.1 Å². The molecular weight excluding hydrogens is 122 g/mol. The van der Waals surface area contributed by atoms with Crippen molar-refractivity contribution < 1.29 is 0 Å². The summed E-state index contributed by atoms with van der Waals surface area (Å²) in [5.41, 5.74) is 0. The number of fused-ring (bicyclic) bond motifs is 1. The Morgan fingerprint density at radius 3 is 2.80 bits per heavy atom. The minimum atomic E-state index is 0.799. The molecule has 1 saturated heterocycles. The lowest BCUT2D eigenvalue weighted by molar-refractivity contribution is 0.325. The van der Waals surface area contributed by atoms with Gasteiger partial charge in [0.05, 0.1) is 0 Å². The molecule has 10 heavy (non-hydrogen) atoms. The van der Waals surface area contributed by atoms with E-state index in [0.29, 0.717) is 0 Å². The van der Waals surface area contributed by atoms with Crippen molar-refractivity contribution >= 4 is 0 Å². The van der Waals surface area contributed by atoms with Gasteiger partial charge in [-0.1, -0.05) is 12.8 Å². The molecule has 1 unspecified atom stereocenters. The molecule has 0 bridgehead atoms. The molecule has 2 aliphatic rings. The molecule has 0 amide bonds. The fourth-order valence-corrected chi connectivity index (χ4v) is 2.60. The Balaban J connectivity index is 1.97. The summed E-state index contributed by atoms with van der Waals surface area (Å²) in [6.45, 7) is 2.32. The van der Waals surface area contributed by atoms with Gasteiger partial charge in [-0.05, 0) is 32.1 Å². The normalized spacial score (nSPS) is 47.1. The van der Waals surface area contributed by atoms with E-state index in [1.165, 1.54) is 32.1 Å². The van der Waals surface area contributed by atoms with Crippen LogP contribution in [-0.4, -0.2) is 12.1 Å². The second-order valence-corrected chi connectivity index (χ2v) is 3.95. The molecule has 3 atom stereocenters. The first-order valence-electron chi connectivity index (χ1n) is 4.62. The summed E-state index contributed by atoms with van der Waals surface area (Å²) in [4.78, 5) is 0. The minimum Gasteiger partial charge on any atom is -0.311 e. The Kier molecular flexibility index (Phi) is 1.69. The summed E-state index contributed by atoms with van der Waals surface area (Å²) in [6.07, 6.45) is 7.30. The first kappa shape index (κ1) is 6.66. The minimum absolute atomic E-state index is 0.799. The van der Waals surface area contributed by atoms with Crippen LogP contribution >= 0.6 is 0 Å². The zero-order valence-corrected chi connectivity index (χ0v) is 6.77. The summed E-state index contributed by atoms with van der Waals surface area (Å²) in [7, 11) is 0. The van der Waals surface area contributed by atoms with Crippen molar-refractivity contribution in [3.05, 3.63) is 0 Å². The third kappa shape index (κ3) is 1.07. The smallest absolute Gasteiger partial charge is 0.00983 e. The van der Waals surface area contributed by atoms with Crippen molar-refractivity contribution in [1.82, 2.24) is 5.32 Å². The third-order valence-electron chi connectivity index (χ3n) is 3.06. The molecule has 2 fully saturated rings. The zero-order valence-electron chi connectivity index (χ0n) is 6.77. The molecule has 1 N–H and O–H groups in total. The monoisotopic (exact) mass is 139 g/mol. The fraction of sp³-hybridized carbons (Fsp3) is 1.00. The van der Waals surface area contributed by atoms with Gasteiger partial charge in [-0.2, -0.15) is 0 Å². The Morgan fingerprint density at radius 1 is 1.20 bits per heavy atom. The van der Waals surface area contributed by atoms with E-state index < -0.39 is 0 Å². The van der Waals surface area contributed by atoms with E-state index in [1.807, 2.05) is 0 Å². The molecule has 0 spiro atoms. The van der Waals surface area contributed by atoms with Crippen LogP contribution in [0.3, 0.4) is 0 Å². The van der Waals surface area contributed by atoms with Gasteiger partial charge in [0.25, 0.3) is 0 Å².